The van der Waals surface area contributed by atoms with E-state index in [9.17, 15) is 9.59 Å². The van der Waals surface area contributed by atoms with Crippen molar-refractivity contribution in [1.29, 1.82) is 0 Å². The molecular weight excluding hydrogens is 310 g/mol. The molecule has 1 atom stereocenters. The van der Waals surface area contributed by atoms with Gasteiger partial charge in [-0.25, -0.2) is 4.98 Å². The molecule has 120 valence electrons. The predicted octanol–water partition coefficient (Wildman–Crippen LogP) is 1.84. The maximum Gasteiger partial charge on any atom is 0.251 e. The first kappa shape index (κ1) is 15.8. The lowest BCUT2D eigenvalue weighted by Gasteiger charge is -2.25. The Hall–Kier alpha value is -2.08. The zero-order valence-corrected chi connectivity index (χ0v) is 13.8. The van der Waals surface area contributed by atoms with Crippen molar-refractivity contribution in [2.45, 2.75) is 37.4 Å². The highest BCUT2D eigenvalue weighted by Crippen LogP contribution is 2.21. The highest BCUT2D eigenvalue weighted by Gasteiger charge is 2.19. The van der Waals surface area contributed by atoms with Gasteiger partial charge in [0.2, 0.25) is 5.91 Å². The molecule has 0 radical (unpaired) electrons. The molecule has 1 aliphatic carbocycles. The Labute approximate surface area is 138 Å². The molecule has 5 nitrogen and oxygen atoms in total. The van der Waals surface area contributed by atoms with Crippen LogP contribution in [0.1, 0.15) is 23.2 Å². The summed E-state index contributed by atoms with van der Waals surface area (Å²) in [6.45, 7) is 1.76. The largest absolute Gasteiger partial charge is 0.352 e. The Balaban J connectivity index is 1.53. The summed E-state index contributed by atoms with van der Waals surface area (Å²) in [7, 11) is 0. The van der Waals surface area contributed by atoms with Crippen LogP contribution in [0, 0.1) is 6.92 Å². The molecule has 0 bridgehead atoms. The zero-order valence-electron chi connectivity index (χ0n) is 13.0. The standard InChI is InChI=1S/C17H19N3O2S/c1-11-8-15(21)20-17(18-11)23-10-16(22)19-14-7-6-12-4-2-3-5-13(12)9-14/h2-5,8,14H,6-7,9-10H2,1H3,(H,19,22)(H,18,20,21)/t14-/m0/s1. The van der Waals surface area contributed by atoms with E-state index in [0.717, 1.165) is 19.3 Å². The van der Waals surface area contributed by atoms with Gasteiger partial charge in [-0.2, -0.15) is 0 Å². The molecule has 0 spiro atoms. The highest BCUT2D eigenvalue weighted by molar-refractivity contribution is 7.99. The molecule has 0 saturated heterocycles. The van der Waals surface area contributed by atoms with Crippen LogP contribution in [-0.4, -0.2) is 27.7 Å². The third kappa shape index (κ3) is 4.22. The van der Waals surface area contributed by atoms with Crippen molar-refractivity contribution in [2.24, 2.45) is 0 Å². The average molecular weight is 329 g/mol. The first-order chi connectivity index (χ1) is 11.1. The number of rotatable bonds is 4. The number of benzene rings is 1. The summed E-state index contributed by atoms with van der Waals surface area (Å²) in [6, 6.07) is 10.0. The SMILES string of the molecule is Cc1cc(=O)[nH]c(SCC(=O)N[C@H]2CCc3ccccc3C2)n1. The molecule has 3 rings (SSSR count). The van der Waals surface area contributed by atoms with E-state index < -0.39 is 0 Å². The van der Waals surface area contributed by atoms with E-state index in [1.807, 2.05) is 6.07 Å². The second-order valence-electron chi connectivity index (χ2n) is 5.76. The van der Waals surface area contributed by atoms with Crippen LogP contribution in [0.25, 0.3) is 0 Å². The van der Waals surface area contributed by atoms with Crippen LogP contribution < -0.4 is 10.9 Å². The monoisotopic (exact) mass is 329 g/mol. The number of fused-ring (bicyclic) bond motifs is 1. The average Bonchev–Trinajstić information content (AvgIpc) is 2.52. The topological polar surface area (TPSA) is 74.8 Å². The summed E-state index contributed by atoms with van der Waals surface area (Å²) in [6.07, 6.45) is 2.85. The summed E-state index contributed by atoms with van der Waals surface area (Å²) < 4.78 is 0. The lowest BCUT2D eigenvalue weighted by atomic mass is 9.88. The van der Waals surface area contributed by atoms with Gasteiger partial charge in [0.25, 0.3) is 5.56 Å². The lowest BCUT2D eigenvalue weighted by molar-refractivity contribution is -0.119. The van der Waals surface area contributed by atoms with Crippen molar-refractivity contribution < 1.29 is 4.79 Å². The van der Waals surface area contributed by atoms with Gasteiger partial charge in [0.05, 0.1) is 5.75 Å². The summed E-state index contributed by atoms with van der Waals surface area (Å²) >= 11 is 1.25. The zero-order chi connectivity index (χ0) is 16.2. The van der Waals surface area contributed by atoms with E-state index in [1.54, 1.807) is 6.92 Å². The number of H-pyrrole nitrogens is 1. The molecule has 1 heterocycles. The van der Waals surface area contributed by atoms with Crippen LogP contribution in [0.2, 0.25) is 0 Å². The first-order valence-corrected chi connectivity index (χ1v) is 8.65. The fourth-order valence-corrected chi connectivity index (χ4v) is 3.58. The van der Waals surface area contributed by atoms with Gasteiger partial charge in [0.15, 0.2) is 5.16 Å². The Morgan fingerprint density at radius 3 is 2.96 bits per heavy atom. The molecule has 1 amide bonds. The Morgan fingerprint density at radius 1 is 1.39 bits per heavy atom. The molecule has 0 fully saturated rings. The van der Waals surface area contributed by atoms with Crippen molar-refractivity contribution in [3.63, 3.8) is 0 Å². The van der Waals surface area contributed by atoms with E-state index in [0.29, 0.717) is 10.9 Å². The number of hydrogen-bond donors (Lipinski definition) is 2. The number of carbonyl (C=O) groups excluding carboxylic acids is 1. The maximum atomic E-state index is 12.1. The normalized spacial score (nSPS) is 16.7. The van der Waals surface area contributed by atoms with Gasteiger partial charge in [0.1, 0.15) is 0 Å². The smallest absolute Gasteiger partial charge is 0.251 e. The minimum atomic E-state index is -0.190. The third-order valence-electron chi connectivity index (χ3n) is 3.90. The molecule has 1 aromatic heterocycles. The number of amides is 1. The minimum Gasteiger partial charge on any atom is -0.352 e. The van der Waals surface area contributed by atoms with Crippen molar-refractivity contribution >= 4 is 17.7 Å². The van der Waals surface area contributed by atoms with Gasteiger partial charge in [-0.05, 0) is 37.3 Å². The van der Waals surface area contributed by atoms with E-state index in [4.69, 9.17) is 0 Å². The van der Waals surface area contributed by atoms with Crippen molar-refractivity contribution in [1.82, 2.24) is 15.3 Å². The molecule has 23 heavy (non-hydrogen) atoms. The van der Waals surface area contributed by atoms with Gasteiger partial charge < -0.3 is 10.3 Å². The van der Waals surface area contributed by atoms with E-state index in [2.05, 4.69) is 33.5 Å². The number of hydrogen-bond acceptors (Lipinski definition) is 4. The number of carbonyl (C=O) groups is 1. The molecule has 1 aromatic carbocycles. The second-order valence-corrected chi connectivity index (χ2v) is 6.72. The van der Waals surface area contributed by atoms with Crippen LogP contribution in [0.5, 0.6) is 0 Å². The number of aryl methyl sites for hydroxylation is 2. The van der Waals surface area contributed by atoms with Gasteiger partial charge in [-0.3, -0.25) is 9.59 Å². The third-order valence-corrected chi connectivity index (χ3v) is 4.77. The number of nitrogens with zero attached hydrogens (tertiary/aromatic N) is 1. The van der Waals surface area contributed by atoms with Crippen LogP contribution in [0.4, 0.5) is 0 Å². The van der Waals surface area contributed by atoms with Gasteiger partial charge in [-0.15, -0.1) is 0 Å². The summed E-state index contributed by atoms with van der Waals surface area (Å²) in [5, 5.41) is 3.56. The first-order valence-electron chi connectivity index (χ1n) is 7.67. The quantitative estimate of drug-likeness (QED) is 0.663. The number of aromatic amines is 1. The van der Waals surface area contributed by atoms with Crippen LogP contribution in [0.3, 0.4) is 0 Å². The molecule has 2 N–H and O–H groups in total. The van der Waals surface area contributed by atoms with Crippen molar-refractivity contribution in [3.05, 3.63) is 57.5 Å². The molecular formula is C17H19N3O2S. The molecule has 1 aliphatic rings. The lowest BCUT2D eigenvalue weighted by Crippen LogP contribution is -2.39. The van der Waals surface area contributed by atoms with Crippen molar-refractivity contribution in [2.75, 3.05) is 5.75 Å². The van der Waals surface area contributed by atoms with Crippen LogP contribution in [0.15, 0.2) is 40.3 Å². The van der Waals surface area contributed by atoms with Crippen LogP contribution >= 0.6 is 11.8 Å². The van der Waals surface area contributed by atoms with Gasteiger partial charge in [-0.1, -0.05) is 36.0 Å². The number of thioether (sulfide) groups is 1. The molecule has 6 heteroatoms. The fraction of sp³-hybridized carbons (Fsp3) is 0.353. The van der Waals surface area contributed by atoms with E-state index in [-0.39, 0.29) is 23.3 Å². The highest BCUT2D eigenvalue weighted by atomic mass is 32.2. The van der Waals surface area contributed by atoms with Crippen molar-refractivity contribution in [3.8, 4) is 0 Å². The summed E-state index contributed by atoms with van der Waals surface area (Å²) in [5.74, 6) is 0.230. The molecule has 0 unspecified atom stereocenters. The van der Waals surface area contributed by atoms with E-state index in [1.165, 1.54) is 29.0 Å². The summed E-state index contributed by atoms with van der Waals surface area (Å²) in [5.41, 5.74) is 3.17. The summed E-state index contributed by atoms with van der Waals surface area (Å²) in [4.78, 5) is 30.3. The molecule has 0 aliphatic heterocycles. The molecule has 0 saturated carbocycles. The van der Waals surface area contributed by atoms with Gasteiger partial charge in [0, 0.05) is 17.8 Å². The number of nitrogens with one attached hydrogen (secondary N) is 2. The second kappa shape index (κ2) is 7.00. The van der Waals surface area contributed by atoms with Crippen LogP contribution in [-0.2, 0) is 17.6 Å². The molecule has 2 aromatic rings. The maximum absolute atomic E-state index is 12.1. The fourth-order valence-electron chi connectivity index (χ4n) is 2.84. The minimum absolute atomic E-state index is 0.0245. The Kier molecular flexibility index (Phi) is 4.81. The van der Waals surface area contributed by atoms with E-state index >= 15 is 0 Å². The number of aromatic nitrogens is 2. The van der Waals surface area contributed by atoms with Gasteiger partial charge >= 0.3 is 0 Å². The Morgan fingerprint density at radius 2 is 2.17 bits per heavy atom. The predicted molar refractivity (Wildman–Crippen MR) is 90.7 cm³/mol. The Bertz CT molecular complexity index is 772.